The predicted molar refractivity (Wildman–Crippen MR) is 61.9 cm³/mol. The van der Waals surface area contributed by atoms with E-state index in [0.717, 1.165) is 6.42 Å². The van der Waals surface area contributed by atoms with Crippen LogP contribution in [0.5, 0.6) is 0 Å². The fourth-order valence-electron chi connectivity index (χ4n) is 1.19. The first-order chi connectivity index (χ1) is 6.63. The minimum atomic E-state index is -0.511. The minimum Gasteiger partial charge on any atom is -0.391 e. The Morgan fingerprint density at radius 1 is 1.43 bits per heavy atom. The summed E-state index contributed by atoms with van der Waals surface area (Å²) < 4.78 is 0. The molecule has 0 aromatic heterocycles. The number of allylic oxidation sites excluding steroid dienone is 4. The highest BCUT2D eigenvalue weighted by Gasteiger charge is 2.17. The van der Waals surface area contributed by atoms with E-state index in [-0.39, 0.29) is 12.0 Å². The standard InChI is InChI=1S/C12H21NO/c1-4-6-7-8-9-11(5-2)12(14)10(3)13/h4-8,10-12,14H,2,9,13H2,1,3H3/b6-4-,8-7-/t10-,11?,12-/m1/s1. The van der Waals surface area contributed by atoms with Crippen molar-refractivity contribution in [1.29, 1.82) is 0 Å². The Hall–Kier alpha value is -0.860. The van der Waals surface area contributed by atoms with Gasteiger partial charge in [0, 0.05) is 12.0 Å². The van der Waals surface area contributed by atoms with Crippen molar-refractivity contribution in [3.63, 3.8) is 0 Å². The van der Waals surface area contributed by atoms with Gasteiger partial charge in [-0.25, -0.2) is 0 Å². The van der Waals surface area contributed by atoms with E-state index in [2.05, 4.69) is 6.58 Å². The van der Waals surface area contributed by atoms with Gasteiger partial charge in [-0.3, -0.25) is 0 Å². The molecule has 0 rings (SSSR count). The Morgan fingerprint density at radius 2 is 2.07 bits per heavy atom. The highest BCUT2D eigenvalue weighted by molar-refractivity contribution is 5.03. The molecule has 0 amide bonds. The number of aliphatic hydroxyl groups is 1. The fourth-order valence-corrected chi connectivity index (χ4v) is 1.19. The van der Waals surface area contributed by atoms with Crippen LogP contribution in [0.15, 0.2) is 37.0 Å². The minimum absolute atomic E-state index is 0.0384. The Kier molecular flexibility index (Phi) is 7.07. The van der Waals surface area contributed by atoms with Gasteiger partial charge in [-0.2, -0.15) is 0 Å². The van der Waals surface area contributed by atoms with Crippen LogP contribution in [0.25, 0.3) is 0 Å². The van der Waals surface area contributed by atoms with Gasteiger partial charge in [0.25, 0.3) is 0 Å². The first-order valence-electron chi connectivity index (χ1n) is 4.97. The third kappa shape index (κ3) is 5.00. The van der Waals surface area contributed by atoms with Crippen molar-refractivity contribution in [2.75, 3.05) is 0 Å². The zero-order valence-corrected chi connectivity index (χ0v) is 9.06. The monoisotopic (exact) mass is 195 g/mol. The largest absolute Gasteiger partial charge is 0.391 e. The topological polar surface area (TPSA) is 46.2 Å². The van der Waals surface area contributed by atoms with Crippen molar-refractivity contribution in [3.8, 4) is 0 Å². The maximum Gasteiger partial charge on any atom is 0.0753 e. The molecular formula is C12H21NO. The highest BCUT2D eigenvalue weighted by atomic mass is 16.3. The molecule has 0 fully saturated rings. The van der Waals surface area contributed by atoms with Crippen LogP contribution in [-0.2, 0) is 0 Å². The summed E-state index contributed by atoms with van der Waals surface area (Å²) in [5.74, 6) is 0.0384. The van der Waals surface area contributed by atoms with Crippen molar-refractivity contribution >= 4 is 0 Å². The maximum atomic E-state index is 9.69. The summed E-state index contributed by atoms with van der Waals surface area (Å²) >= 11 is 0. The van der Waals surface area contributed by atoms with Crippen LogP contribution >= 0.6 is 0 Å². The summed E-state index contributed by atoms with van der Waals surface area (Å²) in [5.41, 5.74) is 5.61. The molecule has 80 valence electrons. The van der Waals surface area contributed by atoms with Crippen molar-refractivity contribution in [3.05, 3.63) is 37.0 Å². The summed E-state index contributed by atoms with van der Waals surface area (Å²) in [6.45, 7) is 7.46. The van der Waals surface area contributed by atoms with Crippen molar-refractivity contribution < 1.29 is 5.11 Å². The normalized spacial score (nSPS) is 18.6. The lowest BCUT2D eigenvalue weighted by Gasteiger charge is -2.21. The zero-order valence-electron chi connectivity index (χ0n) is 9.06. The first-order valence-corrected chi connectivity index (χ1v) is 4.97. The molecule has 0 saturated heterocycles. The van der Waals surface area contributed by atoms with Gasteiger partial charge >= 0.3 is 0 Å². The lowest BCUT2D eigenvalue weighted by atomic mass is 9.94. The van der Waals surface area contributed by atoms with Crippen LogP contribution < -0.4 is 5.73 Å². The molecule has 0 radical (unpaired) electrons. The van der Waals surface area contributed by atoms with Gasteiger partial charge in [0.15, 0.2) is 0 Å². The number of aliphatic hydroxyl groups excluding tert-OH is 1. The Labute approximate surface area is 86.8 Å². The second-order valence-corrected chi connectivity index (χ2v) is 3.44. The Bertz CT molecular complexity index is 206. The number of nitrogens with two attached hydrogens (primary N) is 1. The summed E-state index contributed by atoms with van der Waals surface area (Å²) in [6.07, 6.45) is 9.91. The number of hydrogen-bond donors (Lipinski definition) is 2. The molecule has 0 aliphatic rings. The highest BCUT2D eigenvalue weighted by Crippen LogP contribution is 2.13. The number of rotatable bonds is 6. The summed E-state index contributed by atoms with van der Waals surface area (Å²) in [4.78, 5) is 0. The van der Waals surface area contributed by atoms with Crippen LogP contribution in [-0.4, -0.2) is 17.3 Å². The first kappa shape index (κ1) is 13.1. The molecule has 1 unspecified atom stereocenters. The van der Waals surface area contributed by atoms with Gasteiger partial charge in [0.05, 0.1) is 6.10 Å². The van der Waals surface area contributed by atoms with E-state index in [1.807, 2.05) is 31.2 Å². The summed E-state index contributed by atoms with van der Waals surface area (Å²) in [6, 6.07) is -0.215. The molecule has 3 atom stereocenters. The average molecular weight is 195 g/mol. The zero-order chi connectivity index (χ0) is 11.0. The van der Waals surface area contributed by atoms with Crippen LogP contribution in [0, 0.1) is 5.92 Å². The average Bonchev–Trinajstić information content (AvgIpc) is 2.17. The Morgan fingerprint density at radius 3 is 2.50 bits per heavy atom. The van der Waals surface area contributed by atoms with Crippen molar-refractivity contribution in [2.24, 2.45) is 11.7 Å². The van der Waals surface area contributed by atoms with Gasteiger partial charge in [-0.05, 0) is 20.3 Å². The third-order valence-electron chi connectivity index (χ3n) is 2.13. The van der Waals surface area contributed by atoms with E-state index in [0.29, 0.717) is 0 Å². The van der Waals surface area contributed by atoms with Gasteiger partial charge in [0.2, 0.25) is 0 Å². The molecule has 3 N–H and O–H groups in total. The van der Waals surface area contributed by atoms with Crippen molar-refractivity contribution in [2.45, 2.75) is 32.4 Å². The molecule has 0 bridgehead atoms. The van der Waals surface area contributed by atoms with E-state index < -0.39 is 6.10 Å². The Balaban J connectivity index is 4.09. The van der Waals surface area contributed by atoms with Crippen LogP contribution in [0.1, 0.15) is 20.3 Å². The van der Waals surface area contributed by atoms with Crippen molar-refractivity contribution in [1.82, 2.24) is 0 Å². The van der Waals surface area contributed by atoms with E-state index >= 15 is 0 Å². The fraction of sp³-hybridized carbons (Fsp3) is 0.500. The molecule has 0 aliphatic heterocycles. The molecule has 14 heavy (non-hydrogen) atoms. The summed E-state index contributed by atoms with van der Waals surface area (Å²) in [5, 5.41) is 9.69. The van der Waals surface area contributed by atoms with Crippen LogP contribution in [0.4, 0.5) is 0 Å². The van der Waals surface area contributed by atoms with E-state index in [9.17, 15) is 5.11 Å². The summed E-state index contributed by atoms with van der Waals surface area (Å²) in [7, 11) is 0. The van der Waals surface area contributed by atoms with Gasteiger partial charge in [-0.15, -0.1) is 6.58 Å². The second kappa shape index (κ2) is 7.54. The lowest BCUT2D eigenvalue weighted by molar-refractivity contribution is 0.109. The lowest BCUT2D eigenvalue weighted by Crippen LogP contribution is -2.36. The molecule has 0 aromatic carbocycles. The second-order valence-electron chi connectivity index (χ2n) is 3.44. The van der Waals surface area contributed by atoms with E-state index in [4.69, 9.17) is 5.73 Å². The smallest absolute Gasteiger partial charge is 0.0753 e. The van der Waals surface area contributed by atoms with E-state index in [1.54, 1.807) is 13.0 Å². The molecule has 2 heteroatoms. The van der Waals surface area contributed by atoms with Crippen LogP contribution in [0.3, 0.4) is 0 Å². The van der Waals surface area contributed by atoms with Gasteiger partial charge in [0.1, 0.15) is 0 Å². The SMILES string of the molecule is C=CC(C/C=C\C=C/C)[C@H](O)[C@@H](C)N. The molecule has 0 saturated carbocycles. The van der Waals surface area contributed by atoms with Gasteiger partial charge < -0.3 is 10.8 Å². The quantitative estimate of drug-likeness (QED) is 0.503. The third-order valence-corrected chi connectivity index (χ3v) is 2.13. The van der Waals surface area contributed by atoms with Crippen LogP contribution in [0.2, 0.25) is 0 Å². The van der Waals surface area contributed by atoms with Gasteiger partial charge in [-0.1, -0.05) is 30.4 Å². The number of hydrogen-bond acceptors (Lipinski definition) is 2. The molecular weight excluding hydrogens is 174 g/mol. The molecule has 0 aliphatic carbocycles. The predicted octanol–water partition coefficient (Wildman–Crippen LogP) is 2.02. The molecule has 2 nitrogen and oxygen atoms in total. The molecule has 0 spiro atoms. The molecule has 0 aromatic rings. The molecule has 0 heterocycles. The maximum absolute atomic E-state index is 9.69. The van der Waals surface area contributed by atoms with E-state index in [1.165, 1.54) is 0 Å².